The van der Waals surface area contributed by atoms with Gasteiger partial charge < -0.3 is 10.3 Å². The molecule has 2 aromatic heterocycles. The number of H-pyrrole nitrogens is 1. The molecule has 0 saturated heterocycles. The maximum atomic E-state index is 12.7. The monoisotopic (exact) mass is 404 g/mol. The Morgan fingerprint density at radius 1 is 1.10 bits per heavy atom. The number of aromatic amines is 1. The first-order valence-electron chi connectivity index (χ1n) is 9.81. The Labute approximate surface area is 173 Å². The van der Waals surface area contributed by atoms with Crippen molar-refractivity contribution in [1.29, 1.82) is 0 Å². The predicted octanol–water partition coefficient (Wildman–Crippen LogP) is 4.78. The average Bonchev–Trinajstić information content (AvgIpc) is 3.31. The van der Waals surface area contributed by atoms with Crippen LogP contribution < -0.4 is 10.9 Å². The maximum Gasteiger partial charge on any atom is 0.254 e. The number of fused-ring (bicyclic) bond motifs is 2. The van der Waals surface area contributed by atoms with Crippen molar-refractivity contribution < 1.29 is 0 Å². The number of pyridine rings is 1. The molecule has 6 heteroatoms. The minimum absolute atomic E-state index is 0.110. The Balaban J connectivity index is 1.46. The van der Waals surface area contributed by atoms with Crippen LogP contribution in [0.15, 0.2) is 53.3 Å². The van der Waals surface area contributed by atoms with Crippen LogP contribution in [-0.2, 0) is 19.4 Å². The van der Waals surface area contributed by atoms with Crippen LogP contribution in [0.2, 0.25) is 5.02 Å². The number of nitrogens with zero attached hydrogens (tertiary/aromatic N) is 2. The molecule has 0 amide bonds. The largest absolute Gasteiger partial charge is 0.381 e. The van der Waals surface area contributed by atoms with Crippen LogP contribution in [-0.4, -0.2) is 14.8 Å². The summed E-state index contributed by atoms with van der Waals surface area (Å²) in [6.07, 6.45) is 3.54. The number of anilines is 1. The van der Waals surface area contributed by atoms with E-state index < -0.39 is 0 Å². The lowest BCUT2D eigenvalue weighted by molar-refractivity contribution is 0.874. The van der Waals surface area contributed by atoms with Crippen LogP contribution in [0.3, 0.4) is 0 Å². The molecule has 2 aromatic carbocycles. The van der Waals surface area contributed by atoms with E-state index in [0.29, 0.717) is 22.8 Å². The van der Waals surface area contributed by atoms with Gasteiger partial charge in [0.2, 0.25) is 0 Å². The standard InChI is InChI=1S/C23H21ClN4O/c1-14-21-12-17(13-25-19-8-5-15-3-2-4-16(15)11-19)23(29)26-22(21)28(27-14)20-9-6-18(24)7-10-20/h5-12,25H,2-4,13H2,1H3,(H,26,29). The van der Waals surface area contributed by atoms with Gasteiger partial charge in [-0.1, -0.05) is 17.7 Å². The Morgan fingerprint density at radius 2 is 1.90 bits per heavy atom. The molecular formula is C23H21ClN4O. The van der Waals surface area contributed by atoms with Crippen molar-refractivity contribution >= 4 is 28.3 Å². The van der Waals surface area contributed by atoms with Crippen molar-refractivity contribution in [2.24, 2.45) is 0 Å². The fourth-order valence-corrected chi connectivity index (χ4v) is 4.17. The van der Waals surface area contributed by atoms with Crippen LogP contribution in [0, 0.1) is 6.92 Å². The van der Waals surface area contributed by atoms with E-state index in [0.717, 1.165) is 28.9 Å². The topological polar surface area (TPSA) is 62.7 Å². The number of hydrogen-bond donors (Lipinski definition) is 2. The van der Waals surface area contributed by atoms with Crippen LogP contribution in [0.1, 0.15) is 28.8 Å². The summed E-state index contributed by atoms with van der Waals surface area (Å²) in [5.41, 5.74) is 6.91. The highest BCUT2D eigenvalue weighted by Crippen LogP contribution is 2.25. The Bertz CT molecular complexity index is 1270. The molecule has 0 saturated carbocycles. The molecule has 146 valence electrons. The predicted molar refractivity (Wildman–Crippen MR) is 117 cm³/mol. The molecule has 0 aliphatic heterocycles. The van der Waals surface area contributed by atoms with Crippen molar-refractivity contribution in [2.45, 2.75) is 32.7 Å². The van der Waals surface area contributed by atoms with Gasteiger partial charge in [-0.2, -0.15) is 5.10 Å². The molecule has 2 N–H and O–H groups in total. The fourth-order valence-electron chi connectivity index (χ4n) is 4.04. The normalized spacial score (nSPS) is 13.0. The van der Waals surface area contributed by atoms with E-state index in [9.17, 15) is 4.79 Å². The molecule has 0 atom stereocenters. The summed E-state index contributed by atoms with van der Waals surface area (Å²) in [6, 6.07) is 15.8. The minimum atomic E-state index is -0.110. The zero-order valence-corrected chi connectivity index (χ0v) is 16.9. The van der Waals surface area contributed by atoms with E-state index in [1.54, 1.807) is 4.68 Å². The number of nitrogens with one attached hydrogen (secondary N) is 2. The van der Waals surface area contributed by atoms with Gasteiger partial charge in [0.05, 0.1) is 11.4 Å². The Hall–Kier alpha value is -3.05. The highest BCUT2D eigenvalue weighted by atomic mass is 35.5. The summed E-state index contributed by atoms with van der Waals surface area (Å²) < 4.78 is 1.75. The van der Waals surface area contributed by atoms with Crippen molar-refractivity contribution in [2.75, 3.05) is 5.32 Å². The van der Waals surface area contributed by atoms with Crippen molar-refractivity contribution in [3.8, 4) is 5.69 Å². The molecule has 2 heterocycles. The first kappa shape index (κ1) is 18.0. The molecule has 0 radical (unpaired) electrons. The quantitative estimate of drug-likeness (QED) is 0.514. The van der Waals surface area contributed by atoms with Gasteiger partial charge in [0.1, 0.15) is 5.65 Å². The summed E-state index contributed by atoms with van der Waals surface area (Å²) >= 11 is 5.99. The van der Waals surface area contributed by atoms with Crippen LogP contribution in [0.25, 0.3) is 16.7 Å². The Morgan fingerprint density at radius 3 is 2.72 bits per heavy atom. The minimum Gasteiger partial charge on any atom is -0.381 e. The van der Waals surface area contributed by atoms with Crippen LogP contribution >= 0.6 is 11.6 Å². The lowest BCUT2D eigenvalue weighted by Gasteiger charge is -2.09. The third kappa shape index (κ3) is 3.32. The van der Waals surface area contributed by atoms with Crippen LogP contribution in [0.5, 0.6) is 0 Å². The number of benzene rings is 2. The molecule has 0 fully saturated rings. The highest BCUT2D eigenvalue weighted by Gasteiger charge is 2.14. The summed E-state index contributed by atoms with van der Waals surface area (Å²) in [5.74, 6) is 0. The molecule has 1 aliphatic rings. The molecule has 5 nitrogen and oxygen atoms in total. The number of hydrogen-bond acceptors (Lipinski definition) is 3. The van der Waals surface area contributed by atoms with Gasteiger partial charge in [0.15, 0.2) is 0 Å². The van der Waals surface area contributed by atoms with E-state index in [4.69, 9.17) is 11.6 Å². The first-order chi connectivity index (χ1) is 14.1. The number of aryl methyl sites for hydroxylation is 3. The van der Waals surface area contributed by atoms with Gasteiger partial charge in [-0.15, -0.1) is 0 Å². The summed E-state index contributed by atoms with van der Waals surface area (Å²) in [5, 5.41) is 9.61. The van der Waals surface area contributed by atoms with Crippen molar-refractivity contribution in [3.05, 3.63) is 86.3 Å². The maximum absolute atomic E-state index is 12.7. The van der Waals surface area contributed by atoms with E-state index in [1.807, 2.05) is 37.3 Å². The molecule has 5 rings (SSSR count). The molecule has 0 spiro atoms. The SMILES string of the molecule is Cc1nn(-c2ccc(Cl)cc2)c2[nH]c(=O)c(CNc3ccc4c(c3)CCC4)cc12. The molecule has 1 aliphatic carbocycles. The van der Waals surface area contributed by atoms with Crippen molar-refractivity contribution in [1.82, 2.24) is 14.8 Å². The van der Waals surface area contributed by atoms with E-state index in [1.165, 1.54) is 24.0 Å². The van der Waals surface area contributed by atoms with Gasteiger partial charge >= 0.3 is 0 Å². The second-order valence-electron chi connectivity index (χ2n) is 7.55. The summed E-state index contributed by atoms with van der Waals surface area (Å²) in [6.45, 7) is 2.42. The average molecular weight is 405 g/mol. The van der Waals surface area contributed by atoms with E-state index in [2.05, 4.69) is 33.6 Å². The van der Waals surface area contributed by atoms with Crippen molar-refractivity contribution in [3.63, 3.8) is 0 Å². The lowest BCUT2D eigenvalue weighted by atomic mass is 10.1. The summed E-state index contributed by atoms with van der Waals surface area (Å²) in [7, 11) is 0. The molecule has 0 bridgehead atoms. The second-order valence-corrected chi connectivity index (χ2v) is 7.99. The van der Waals surface area contributed by atoms with Gasteiger partial charge in [-0.05, 0) is 79.8 Å². The zero-order valence-electron chi connectivity index (χ0n) is 16.1. The molecule has 29 heavy (non-hydrogen) atoms. The second kappa shape index (κ2) is 7.08. The van der Waals surface area contributed by atoms with Gasteiger partial charge in [0.25, 0.3) is 5.56 Å². The van der Waals surface area contributed by atoms with Gasteiger partial charge in [-0.3, -0.25) is 4.79 Å². The van der Waals surface area contributed by atoms with Gasteiger partial charge in [-0.25, -0.2) is 4.68 Å². The number of aromatic nitrogens is 3. The number of rotatable bonds is 4. The smallest absolute Gasteiger partial charge is 0.254 e. The Kier molecular flexibility index (Phi) is 4.40. The summed E-state index contributed by atoms with van der Waals surface area (Å²) in [4.78, 5) is 15.7. The van der Waals surface area contributed by atoms with Gasteiger partial charge in [0, 0.05) is 28.2 Å². The molecular weight excluding hydrogens is 384 g/mol. The van der Waals surface area contributed by atoms with Crippen LogP contribution in [0.4, 0.5) is 5.69 Å². The third-order valence-electron chi connectivity index (χ3n) is 5.60. The first-order valence-corrected chi connectivity index (χ1v) is 10.2. The third-order valence-corrected chi connectivity index (χ3v) is 5.85. The van der Waals surface area contributed by atoms with E-state index in [-0.39, 0.29) is 5.56 Å². The number of halogens is 1. The lowest BCUT2D eigenvalue weighted by Crippen LogP contribution is -2.16. The molecule has 0 unspecified atom stereocenters. The zero-order chi connectivity index (χ0) is 20.0. The fraction of sp³-hybridized carbons (Fsp3) is 0.217. The highest BCUT2D eigenvalue weighted by molar-refractivity contribution is 6.30. The molecule has 4 aromatic rings. The van der Waals surface area contributed by atoms with E-state index >= 15 is 0 Å².